The van der Waals surface area contributed by atoms with E-state index in [1.807, 2.05) is 0 Å². The largest absolute Gasteiger partial charge is 0.480 e. The Balaban J connectivity index is 2.47. The van der Waals surface area contributed by atoms with E-state index in [1.54, 1.807) is 6.92 Å². The van der Waals surface area contributed by atoms with Crippen LogP contribution in [0.25, 0.3) is 0 Å². The van der Waals surface area contributed by atoms with Crippen LogP contribution in [0.4, 0.5) is 4.39 Å². The van der Waals surface area contributed by atoms with E-state index in [2.05, 4.69) is 0 Å². The van der Waals surface area contributed by atoms with Crippen LogP contribution in [-0.2, 0) is 14.8 Å². The molecule has 0 spiro atoms. The third-order valence-corrected chi connectivity index (χ3v) is 6.53. The molecule has 1 aliphatic heterocycles. The maximum absolute atomic E-state index is 13.1. The summed E-state index contributed by atoms with van der Waals surface area (Å²) in [6.45, 7) is 1.61. The number of sulfonamides is 1. The molecule has 2 atom stereocenters. The molecule has 2 rings (SSSR count). The zero-order valence-electron chi connectivity index (χ0n) is 10.3. The van der Waals surface area contributed by atoms with E-state index >= 15 is 0 Å². The normalized spacial score (nSPS) is 23.9. The van der Waals surface area contributed by atoms with Crippen LogP contribution in [0.2, 0.25) is 5.02 Å². The standard InChI is InChI=1S/C11H11ClFNO4S2/c1-6-14(10(5-19-6)11(15)16)20(17,18)7-2-3-9(13)8(12)4-7/h2-4,6,10H,5H2,1H3,(H,15,16). The molecule has 1 fully saturated rings. The summed E-state index contributed by atoms with van der Waals surface area (Å²) in [5.74, 6) is -1.77. The summed E-state index contributed by atoms with van der Waals surface area (Å²) in [5.41, 5.74) is 0. The minimum atomic E-state index is -4.04. The van der Waals surface area contributed by atoms with Crippen LogP contribution in [-0.4, -0.2) is 41.0 Å². The summed E-state index contributed by atoms with van der Waals surface area (Å²) < 4.78 is 39.0. The number of hydrogen-bond acceptors (Lipinski definition) is 4. The molecule has 1 N–H and O–H groups in total. The number of benzene rings is 1. The Bertz CT molecular complexity index is 652. The van der Waals surface area contributed by atoms with Crippen LogP contribution in [0.3, 0.4) is 0 Å². The first-order valence-electron chi connectivity index (χ1n) is 5.58. The number of halogens is 2. The van der Waals surface area contributed by atoms with Crippen LogP contribution < -0.4 is 0 Å². The van der Waals surface area contributed by atoms with Gasteiger partial charge in [-0.3, -0.25) is 4.79 Å². The summed E-state index contributed by atoms with van der Waals surface area (Å²) in [7, 11) is -4.04. The van der Waals surface area contributed by atoms with Gasteiger partial charge in [0.15, 0.2) is 0 Å². The second kappa shape index (κ2) is 5.51. The third kappa shape index (κ3) is 2.65. The van der Waals surface area contributed by atoms with E-state index in [0.29, 0.717) is 0 Å². The molecule has 0 aromatic heterocycles. The van der Waals surface area contributed by atoms with Gasteiger partial charge in [-0.25, -0.2) is 12.8 Å². The van der Waals surface area contributed by atoms with Gasteiger partial charge in [0.2, 0.25) is 10.0 Å². The second-order valence-corrected chi connectivity index (χ2v) is 7.80. The molecule has 9 heteroatoms. The van der Waals surface area contributed by atoms with Gasteiger partial charge in [0.1, 0.15) is 11.9 Å². The van der Waals surface area contributed by atoms with Crippen molar-refractivity contribution < 1.29 is 22.7 Å². The molecule has 1 aromatic carbocycles. The minimum Gasteiger partial charge on any atom is -0.480 e. The van der Waals surface area contributed by atoms with Gasteiger partial charge in [-0.05, 0) is 25.1 Å². The van der Waals surface area contributed by atoms with Crippen molar-refractivity contribution in [3.8, 4) is 0 Å². The Labute approximate surface area is 124 Å². The molecular weight excluding hydrogens is 329 g/mol. The molecule has 1 aliphatic rings. The summed E-state index contributed by atoms with van der Waals surface area (Å²) in [6.07, 6.45) is 0. The van der Waals surface area contributed by atoms with Crippen molar-refractivity contribution in [2.24, 2.45) is 0 Å². The van der Waals surface area contributed by atoms with Crippen LogP contribution in [0.5, 0.6) is 0 Å². The van der Waals surface area contributed by atoms with Gasteiger partial charge in [0, 0.05) is 5.75 Å². The van der Waals surface area contributed by atoms with Gasteiger partial charge in [-0.15, -0.1) is 11.8 Å². The zero-order valence-corrected chi connectivity index (χ0v) is 12.7. The van der Waals surface area contributed by atoms with E-state index in [1.165, 1.54) is 11.8 Å². The highest BCUT2D eigenvalue weighted by atomic mass is 35.5. The summed E-state index contributed by atoms with van der Waals surface area (Å²) in [6, 6.07) is 1.87. The summed E-state index contributed by atoms with van der Waals surface area (Å²) >= 11 is 6.81. The van der Waals surface area contributed by atoms with Crippen molar-refractivity contribution in [1.82, 2.24) is 4.31 Å². The van der Waals surface area contributed by atoms with Gasteiger partial charge in [-0.2, -0.15) is 4.31 Å². The zero-order chi connectivity index (χ0) is 15.1. The van der Waals surface area contributed by atoms with E-state index in [0.717, 1.165) is 22.5 Å². The fraction of sp³-hybridized carbons (Fsp3) is 0.364. The maximum atomic E-state index is 13.1. The third-order valence-electron chi connectivity index (χ3n) is 2.91. The average Bonchev–Trinajstić information content (AvgIpc) is 2.75. The Morgan fingerprint density at radius 3 is 2.75 bits per heavy atom. The number of carboxylic acid groups (broad SMARTS) is 1. The Morgan fingerprint density at radius 2 is 2.20 bits per heavy atom. The predicted octanol–water partition coefficient (Wildman–Crippen LogP) is 2.02. The molecule has 1 aromatic rings. The average molecular weight is 340 g/mol. The van der Waals surface area contributed by atoms with Crippen LogP contribution >= 0.6 is 23.4 Å². The molecule has 1 heterocycles. The minimum absolute atomic E-state index is 0.171. The Hall–Kier alpha value is -0.830. The van der Waals surface area contributed by atoms with Gasteiger partial charge >= 0.3 is 5.97 Å². The highest BCUT2D eigenvalue weighted by molar-refractivity contribution is 8.01. The lowest BCUT2D eigenvalue weighted by molar-refractivity contribution is -0.140. The smallest absolute Gasteiger partial charge is 0.322 e. The van der Waals surface area contributed by atoms with Crippen molar-refractivity contribution in [1.29, 1.82) is 0 Å². The molecule has 0 saturated carbocycles. The lowest BCUT2D eigenvalue weighted by Crippen LogP contribution is -2.44. The van der Waals surface area contributed by atoms with Gasteiger partial charge < -0.3 is 5.11 Å². The highest BCUT2D eigenvalue weighted by Gasteiger charge is 2.44. The highest BCUT2D eigenvalue weighted by Crippen LogP contribution is 2.35. The van der Waals surface area contributed by atoms with E-state index in [4.69, 9.17) is 16.7 Å². The topological polar surface area (TPSA) is 74.7 Å². The fourth-order valence-electron chi connectivity index (χ4n) is 1.93. The lowest BCUT2D eigenvalue weighted by Gasteiger charge is -2.24. The molecule has 0 bridgehead atoms. The first-order valence-corrected chi connectivity index (χ1v) is 8.45. The van der Waals surface area contributed by atoms with Gasteiger partial charge in [0.05, 0.1) is 15.3 Å². The van der Waals surface area contributed by atoms with Crippen molar-refractivity contribution in [2.45, 2.75) is 23.2 Å². The molecule has 1 saturated heterocycles. The lowest BCUT2D eigenvalue weighted by atomic mass is 10.3. The fourth-order valence-corrected chi connectivity index (χ4v) is 5.49. The van der Waals surface area contributed by atoms with E-state index in [9.17, 15) is 17.6 Å². The van der Waals surface area contributed by atoms with Crippen LogP contribution in [0, 0.1) is 5.82 Å². The first kappa shape index (κ1) is 15.6. The molecule has 20 heavy (non-hydrogen) atoms. The number of hydrogen-bond donors (Lipinski definition) is 1. The Morgan fingerprint density at radius 1 is 1.55 bits per heavy atom. The van der Waals surface area contributed by atoms with Gasteiger partial charge in [0.25, 0.3) is 0 Å². The monoisotopic (exact) mass is 339 g/mol. The first-order chi connectivity index (χ1) is 9.25. The number of aliphatic carboxylic acids is 1. The maximum Gasteiger partial charge on any atom is 0.322 e. The number of nitrogens with zero attached hydrogens (tertiary/aromatic N) is 1. The molecule has 5 nitrogen and oxygen atoms in total. The van der Waals surface area contributed by atoms with Crippen LogP contribution in [0.15, 0.2) is 23.1 Å². The molecule has 0 amide bonds. The molecule has 2 unspecified atom stereocenters. The molecule has 110 valence electrons. The van der Waals surface area contributed by atoms with Gasteiger partial charge in [-0.1, -0.05) is 11.6 Å². The quantitative estimate of drug-likeness (QED) is 0.911. The van der Waals surface area contributed by atoms with E-state index in [-0.39, 0.29) is 15.7 Å². The predicted molar refractivity (Wildman–Crippen MR) is 73.8 cm³/mol. The SMILES string of the molecule is CC1SCC(C(=O)O)N1S(=O)(=O)c1ccc(F)c(Cl)c1. The molecule has 0 aliphatic carbocycles. The summed E-state index contributed by atoms with van der Waals surface area (Å²) in [5, 5.41) is 8.27. The van der Waals surface area contributed by atoms with Crippen molar-refractivity contribution in [2.75, 3.05) is 5.75 Å². The Kier molecular flexibility index (Phi) is 4.29. The second-order valence-electron chi connectivity index (χ2n) is 4.20. The number of carboxylic acids is 1. The summed E-state index contributed by atoms with van der Waals surface area (Å²) in [4.78, 5) is 10.9. The van der Waals surface area contributed by atoms with Crippen molar-refractivity contribution in [3.63, 3.8) is 0 Å². The number of carbonyl (C=O) groups is 1. The molecule has 0 radical (unpaired) electrons. The number of thioether (sulfide) groups is 1. The van der Waals surface area contributed by atoms with E-state index < -0.39 is 33.2 Å². The van der Waals surface area contributed by atoms with Crippen molar-refractivity contribution >= 4 is 39.4 Å². The molecular formula is C11H11ClFNO4S2. The van der Waals surface area contributed by atoms with Crippen LogP contribution in [0.1, 0.15) is 6.92 Å². The number of rotatable bonds is 3. The van der Waals surface area contributed by atoms with Crippen molar-refractivity contribution in [3.05, 3.63) is 29.0 Å².